The minimum Gasteiger partial charge on any atom is -0.340 e. The fourth-order valence-electron chi connectivity index (χ4n) is 2.52. The fourth-order valence-corrected chi connectivity index (χ4v) is 4.60. The van der Waals surface area contributed by atoms with Crippen molar-refractivity contribution in [2.75, 3.05) is 12.8 Å². The third-order valence-corrected chi connectivity index (χ3v) is 6.05. The number of thiophene rings is 1. The van der Waals surface area contributed by atoms with Crippen molar-refractivity contribution in [2.24, 2.45) is 0 Å². The Morgan fingerprint density at radius 1 is 1.23 bits per heavy atom. The molecule has 136 valence electrons. The van der Waals surface area contributed by atoms with Crippen LogP contribution in [-0.2, 0) is 11.3 Å². The highest BCUT2D eigenvalue weighted by molar-refractivity contribution is 7.99. The quantitative estimate of drug-likeness (QED) is 0.571. The maximum atomic E-state index is 12.5. The highest BCUT2D eigenvalue weighted by Gasteiger charge is 2.16. The molecule has 0 spiro atoms. The van der Waals surface area contributed by atoms with E-state index in [-0.39, 0.29) is 5.91 Å². The van der Waals surface area contributed by atoms with E-state index in [1.807, 2.05) is 54.8 Å². The smallest absolute Gasteiger partial charge is 0.233 e. The lowest BCUT2D eigenvalue weighted by atomic mass is 10.2. The van der Waals surface area contributed by atoms with Gasteiger partial charge in [-0.3, -0.25) is 9.36 Å². The van der Waals surface area contributed by atoms with E-state index in [9.17, 15) is 4.79 Å². The summed E-state index contributed by atoms with van der Waals surface area (Å²) in [4.78, 5) is 15.2. The second kappa shape index (κ2) is 8.24. The van der Waals surface area contributed by atoms with Crippen LogP contribution in [0.3, 0.4) is 0 Å². The molecule has 0 aliphatic rings. The van der Waals surface area contributed by atoms with E-state index in [0.29, 0.717) is 12.3 Å². The molecule has 5 nitrogen and oxygen atoms in total. The van der Waals surface area contributed by atoms with Gasteiger partial charge in [-0.05, 0) is 37.6 Å². The number of aromatic nitrogens is 3. The lowest BCUT2D eigenvalue weighted by Gasteiger charge is -2.16. The number of hydrogen-bond donors (Lipinski definition) is 0. The number of rotatable bonds is 6. The van der Waals surface area contributed by atoms with Crippen molar-refractivity contribution < 1.29 is 4.79 Å². The number of carbonyl (C=O) groups is 1. The molecule has 2 aromatic heterocycles. The summed E-state index contributed by atoms with van der Waals surface area (Å²) in [7, 11) is 1.80. The number of amides is 1. The summed E-state index contributed by atoms with van der Waals surface area (Å²) in [6.07, 6.45) is 0. The van der Waals surface area contributed by atoms with Crippen LogP contribution < -0.4 is 0 Å². The molecule has 1 amide bonds. The van der Waals surface area contributed by atoms with Crippen LogP contribution in [0.15, 0.2) is 41.6 Å². The topological polar surface area (TPSA) is 51.0 Å². The molecule has 0 N–H and O–H groups in total. The van der Waals surface area contributed by atoms with Crippen LogP contribution in [0.4, 0.5) is 0 Å². The van der Waals surface area contributed by atoms with Gasteiger partial charge in [0.15, 0.2) is 5.16 Å². The van der Waals surface area contributed by atoms with Gasteiger partial charge in [-0.25, -0.2) is 0 Å². The number of halogens is 1. The second-order valence-corrected chi connectivity index (χ2v) is 8.64. The first-order valence-corrected chi connectivity index (χ1v) is 10.2. The molecule has 3 aromatic rings. The number of nitrogens with zero attached hydrogens (tertiary/aromatic N) is 4. The van der Waals surface area contributed by atoms with Crippen LogP contribution in [0.1, 0.15) is 16.3 Å². The Morgan fingerprint density at radius 3 is 2.69 bits per heavy atom. The Kier molecular flexibility index (Phi) is 6.01. The van der Waals surface area contributed by atoms with Crippen molar-refractivity contribution in [1.82, 2.24) is 19.7 Å². The zero-order chi connectivity index (χ0) is 18.7. The highest BCUT2D eigenvalue weighted by Crippen LogP contribution is 2.25. The molecule has 2 heterocycles. The molecular formula is C18H19ClN4OS2. The van der Waals surface area contributed by atoms with E-state index in [1.54, 1.807) is 11.9 Å². The summed E-state index contributed by atoms with van der Waals surface area (Å²) in [5.74, 6) is 1.15. The maximum absolute atomic E-state index is 12.5. The molecule has 26 heavy (non-hydrogen) atoms. The van der Waals surface area contributed by atoms with E-state index in [0.717, 1.165) is 31.4 Å². The van der Waals surface area contributed by atoms with Crippen LogP contribution in [-0.4, -0.2) is 38.4 Å². The van der Waals surface area contributed by atoms with Crippen LogP contribution in [0.5, 0.6) is 0 Å². The summed E-state index contributed by atoms with van der Waals surface area (Å²) in [5.41, 5.74) is 2.17. The van der Waals surface area contributed by atoms with Gasteiger partial charge in [0.05, 0.1) is 22.3 Å². The molecule has 0 saturated heterocycles. The monoisotopic (exact) mass is 406 g/mol. The lowest BCUT2D eigenvalue weighted by Crippen LogP contribution is -2.27. The van der Waals surface area contributed by atoms with E-state index < -0.39 is 0 Å². The van der Waals surface area contributed by atoms with Crippen molar-refractivity contribution in [3.8, 4) is 5.69 Å². The average Bonchev–Trinajstić information content (AvgIpc) is 3.18. The van der Waals surface area contributed by atoms with Gasteiger partial charge in [-0.15, -0.1) is 21.5 Å². The molecule has 3 rings (SSSR count). The predicted molar refractivity (Wildman–Crippen MR) is 107 cm³/mol. The minimum absolute atomic E-state index is 0.0384. The number of thioether (sulfide) groups is 1. The van der Waals surface area contributed by atoms with Crippen LogP contribution in [0.25, 0.3) is 5.69 Å². The first kappa shape index (κ1) is 18.9. The number of para-hydroxylation sites is 1. The van der Waals surface area contributed by atoms with E-state index in [4.69, 9.17) is 11.6 Å². The largest absolute Gasteiger partial charge is 0.340 e. The van der Waals surface area contributed by atoms with Gasteiger partial charge in [-0.1, -0.05) is 41.6 Å². The van der Waals surface area contributed by atoms with Crippen LogP contribution >= 0.6 is 34.7 Å². The lowest BCUT2D eigenvalue weighted by molar-refractivity contribution is -0.127. The maximum Gasteiger partial charge on any atom is 0.233 e. The molecule has 0 aliphatic heterocycles. The van der Waals surface area contributed by atoms with Crippen molar-refractivity contribution in [1.29, 1.82) is 0 Å². The summed E-state index contributed by atoms with van der Waals surface area (Å²) >= 11 is 8.84. The number of benzene rings is 1. The van der Waals surface area contributed by atoms with E-state index in [1.165, 1.54) is 23.1 Å². The van der Waals surface area contributed by atoms with Crippen molar-refractivity contribution in [3.05, 3.63) is 57.0 Å². The molecule has 0 bridgehead atoms. The highest BCUT2D eigenvalue weighted by atomic mass is 35.5. The molecular weight excluding hydrogens is 388 g/mol. The first-order chi connectivity index (χ1) is 12.5. The van der Waals surface area contributed by atoms with Gasteiger partial charge in [0.2, 0.25) is 5.91 Å². The number of hydrogen-bond acceptors (Lipinski definition) is 5. The Labute approximate surface area is 166 Å². The summed E-state index contributed by atoms with van der Waals surface area (Å²) in [6, 6.07) is 11.9. The van der Waals surface area contributed by atoms with Gasteiger partial charge in [0.25, 0.3) is 0 Å². The average molecular weight is 407 g/mol. The third-order valence-electron chi connectivity index (χ3n) is 3.92. The minimum atomic E-state index is 0.0384. The van der Waals surface area contributed by atoms with Crippen molar-refractivity contribution in [2.45, 2.75) is 25.5 Å². The summed E-state index contributed by atoms with van der Waals surface area (Å²) < 4.78 is 2.73. The van der Waals surface area contributed by atoms with Gasteiger partial charge in [0.1, 0.15) is 5.82 Å². The summed E-state index contributed by atoms with van der Waals surface area (Å²) in [6.45, 7) is 4.52. The zero-order valence-electron chi connectivity index (χ0n) is 14.8. The Bertz CT molecular complexity index is 922. The predicted octanol–water partition coefficient (Wildman–Crippen LogP) is 4.35. The first-order valence-electron chi connectivity index (χ1n) is 8.04. The molecule has 0 aliphatic carbocycles. The second-order valence-electron chi connectivity index (χ2n) is 5.90. The Hall–Kier alpha value is -1.83. The normalized spacial score (nSPS) is 10.9. The van der Waals surface area contributed by atoms with Gasteiger partial charge in [-0.2, -0.15) is 0 Å². The third kappa shape index (κ3) is 4.28. The fraction of sp³-hybridized carbons (Fsp3) is 0.278. The van der Waals surface area contributed by atoms with Gasteiger partial charge >= 0.3 is 0 Å². The number of carbonyl (C=O) groups excluding carboxylic acids is 1. The number of aryl methyl sites for hydroxylation is 2. The van der Waals surface area contributed by atoms with Gasteiger partial charge < -0.3 is 4.90 Å². The molecule has 0 atom stereocenters. The van der Waals surface area contributed by atoms with Crippen molar-refractivity contribution >= 4 is 40.6 Å². The molecule has 0 fully saturated rings. The zero-order valence-corrected chi connectivity index (χ0v) is 17.2. The molecule has 8 heteroatoms. The van der Waals surface area contributed by atoms with Gasteiger partial charge in [0, 0.05) is 11.9 Å². The standard InChI is InChI=1S/C18H19ClN4OS2/c1-12-6-4-5-7-15(12)23-13(2)20-21-18(23)25-11-17(24)22(3)10-14-8-9-16(19)26-14/h4-9H,10-11H2,1-3H3. The molecule has 0 radical (unpaired) electrons. The van der Waals surface area contributed by atoms with E-state index in [2.05, 4.69) is 10.2 Å². The summed E-state index contributed by atoms with van der Waals surface area (Å²) in [5, 5.41) is 9.14. The van der Waals surface area contributed by atoms with E-state index >= 15 is 0 Å². The van der Waals surface area contributed by atoms with Crippen molar-refractivity contribution in [3.63, 3.8) is 0 Å². The molecule has 0 saturated carbocycles. The van der Waals surface area contributed by atoms with Crippen LogP contribution in [0, 0.1) is 13.8 Å². The molecule has 1 aromatic carbocycles. The van der Waals surface area contributed by atoms with Crippen LogP contribution in [0.2, 0.25) is 4.34 Å². The molecule has 0 unspecified atom stereocenters. The Morgan fingerprint density at radius 2 is 2.00 bits per heavy atom. The SMILES string of the molecule is Cc1ccccc1-n1c(C)nnc1SCC(=O)N(C)Cc1ccc(Cl)s1. The Balaban J connectivity index is 1.68.